The fraction of sp³-hybridized carbons (Fsp3) is 0.222. The van der Waals surface area contributed by atoms with Gasteiger partial charge < -0.3 is 4.42 Å². The molecule has 0 saturated carbocycles. The van der Waals surface area contributed by atoms with Gasteiger partial charge in [0.15, 0.2) is 11.5 Å². The molecule has 1 aromatic carbocycles. The molecule has 0 aliphatic carbocycles. The third kappa shape index (κ3) is 1.58. The molecule has 0 amide bonds. The van der Waals surface area contributed by atoms with E-state index in [2.05, 4.69) is 20.9 Å². The van der Waals surface area contributed by atoms with Crippen molar-refractivity contribution >= 4 is 38.6 Å². The number of aromatic nitrogens is 1. The summed E-state index contributed by atoms with van der Waals surface area (Å²) in [4.78, 5) is 4.27. The highest BCUT2D eigenvalue weighted by Gasteiger charge is 2.08. The molecule has 0 saturated heterocycles. The molecule has 0 unspecified atom stereocenters. The molecule has 1 heterocycles. The van der Waals surface area contributed by atoms with Gasteiger partial charge in [0.2, 0.25) is 0 Å². The highest BCUT2D eigenvalue weighted by Crippen LogP contribution is 2.28. The van der Waals surface area contributed by atoms with E-state index in [1.54, 1.807) is 6.07 Å². The van der Waals surface area contributed by atoms with Gasteiger partial charge in [-0.1, -0.05) is 34.5 Å². The number of hydrogen-bond acceptors (Lipinski definition) is 2. The van der Waals surface area contributed by atoms with E-state index in [-0.39, 0.29) is 0 Å². The Balaban J connectivity index is 2.75. The van der Waals surface area contributed by atoms with Gasteiger partial charge in [0, 0.05) is 10.9 Å². The second-order valence-corrected chi connectivity index (χ2v) is 4.02. The summed E-state index contributed by atoms with van der Waals surface area (Å²) in [6.07, 6.45) is 0.780. The number of nitrogens with zero attached hydrogens (tertiary/aromatic N) is 1. The van der Waals surface area contributed by atoms with Crippen molar-refractivity contribution in [2.24, 2.45) is 0 Å². The Labute approximate surface area is 89.0 Å². The summed E-state index contributed by atoms with van der Waals surface area (Å²) in [5, 5.41) is 0.594. The van der Waals surface area contributed by atoms with Crippen LogP contribution >= 0.6 is 27.5 Å². The number of benzene rings is 1. The van der Waals surface area contributed by atoms with Crippen LogP contribution in [-0.4, -0.2) is 4.98 Å². The number of hydrogen-bond donors (Lipinski definition) is 0. The molecule has 0 spiro atoms. The highest BCUT2D eigenvalue weighted by atomic mass is 79.9. The van der Waals surface area contributed by atoms with Crippen molar-refractivity contribution in [2.75, 3.05) is 0 Å². The van der Waals surface area contributed by atoms with Crippen LogP contribution in [0.1, 0.15) is 12.8 Å². The zero-order valence-electron chi connectivity index (χ0n) is 6.97. The number of rotatable bonds is 1. The molecular weight excluding hydrogens is 253 g/mol. The molecule has 2 aromatic rings. The van der Waals surface area contributed by atoms with E-state index in [0.29, 0.717) is 10.6 Å². The zero-order valence-corrected chi connectivity index (χ0v) is 9.32. The molecule has 0 N–H and O–H groups in total. The first-order valence-electron chi connectivity index (χ1n) is 3.95. The van der Waals surface area contributed by atoms with Gasteiger partial charge in [-0.2, -0.15) is 0 Å². The van der Waals surface area contributed by atoms with Gasteiger partial charge in [-0.3, -0.25) is 0 Å². The Morgan fingerprint density at radius 2 is 2.31 bits per heavy atom. The maximum atomic E-state index is 5.97. The third-order valence-corrected chi connectivity index (χ3v) is 2.49. The van der Waals surface area contributed by atoms with Gasteiger partial charge in [0.25, 0.3) is 0 Å². The lowest BCUT2D eigenvalue weighted by Crippen LogP contribution is -1.75. The van der Waals surface area contributed by atoms with Gasteiger partial charge in [-0.15, -0.1) is 0 Å². The minimum absolute atomic E-state index is 0.594. The van der Waals surface area contributed by atoms with Crippen LogP contribution in [0.15, 0.2) is 21.0 Å². The van der Waals surface area contributed by atoms with Crippen molar-refractivity contribution in [3.05, 3.63) is 27.5 Å². The Bertz CT molecular complexity index is 452. The normalized spacial score (nSPS) is 11.0. The average Bonchev–Trinajstić information content (AvgIpc) is 2.47. The predicted octanol–water partition coefficient (Wildman–Crippen LogP) is 3.81. The van der Waals surface area contributed by atoms with Gasteiger partial charge in [0.05, 0.1) is 5.02 Å². The third-order valence-electron chi connectivity index (χ3n) is 1.76. The SMILES string of the molecule is CCc1nc2cc(Br)cc(Cl)c2o1. The molecule has 2 nitrogen and oxygen atoms in total. The van der Waals surface area contributed by atoms with E-state index in [1.807, 2.05) is 13.0 Å². The van der Waals surface area contributed by atoms with Crippen LogP contribution in [0.5, 0.6) is 0 Å². The molecule has 68 valence electrons. The van der Waals surface area contributed by atoms with Crippen molar-refractivity contribution in [3.8, 4) is 0 Å². The number of aryl methyl sites for hydroxylation is 1. The summed E-state index contributed by atoms with van der Waals surface area (Å²) in [7, 11) is 0. The molecule has 13 heavy (non-hydrogen) atoms. The summed E-state index contributed by atoms with van der Waals surface area (Å²) in [5.74, 6) is 0.718. The molecule has 0 radical (unpaired) electrons. The second-order valence-electron chi connectivity index (χ2n) is 2.70. The van der Waals surface area contributed by atoms with Crippen LogP contribution in [0.2, 0.25) is 5.02 Å². The van der Waals surface area contributed by atoms with Gasteiger partial charge in [-0.05, 0) is 12.1 Å². The Morgan fingerprint density at radius 1 is 1.54 bits per heavy atom. The number of oxazole rings is 1. The van der Waals surface area contributed by atoms with Crippen molar-refractivity contribution in [3.63, 3.8) is 0 Å². The van der Waals surface area contributed by atoms with Crippen LogP contribution in [-0.2, 0) is 6.42 Å². The van der Waals surface area contributed by atoms with Gasteiger partial charge in [-0.25, -0.2) is 4.98 Å². The predicted molar refractivity (Wildman–Crippen MR) is 56.1 cm³/mol. The van der Waals surface area contributed by atoms with Crippen molar-refractivity contribution in [1.29, 1.82) is 0 Å². The number of fused-ring (bicyclic) bond motifs is 1. The van der Waals surface area contributed by atoms with Crippen LogP contribution in [0.4, 0.5) is 0 Å². The summed E-state index contributed by atoms with van der Waals surface area (Å²) in [6, 6.07) is 3.69. The van der Waals surface area contributed by atoms with E-state index in [0.717, 1.165) is 22.3 Å². The molecule has 0 bridgehead atoms. The summed E-state index contributed by atoms with van der Waals surface area (Å²) in [6.45, 7) is 1.99. The van der Waals surface area contributed by atoms with E-state index < -0.39 is 0 Å². The van der Waals surface area contributed by atoms with E-state index >= 15 is 0 Å². The molecule has 2 rings (SSSR count). The molecular formula is C9H7BrClNO. The first-order chi connectivity index (χ1) is 6.20. The van der Waals surface area contributed by atoms with Crippen LogP contribution in [0, 0.1) is 0 Å². The Morgan fingerprint density at radius 3 is 3.00 bits per heavy atom. The van der Waals surface area contributed by atoms with E-state index in [9.17, 15) is 0 Å². The summed E-state index contributed by atoms with van der Waals surface area (Å²) in [5.41, 5.74) is 1.47. The van der Waals surface area contributed by atoms with Crippen LogP contribution < -0.4 is 0 Å². The molecule has 1 aromatic heterocycles. The minimum Gasteiger partial charge on any atom is -0.439 e. The minimum atomic E-state index is 0.594. The topological polar surface area (TPSA) is 26.0 Å². The van der Waals surface area contributed by atoms with E-state index in [1.165, 1.54) is 0 Å². The van der Waals surface area contributed by atoms with E-state index in [4.69, 9.17) is 16.0 Å². The molecule has 0 aliphatic rings. The van der Waals surface area contributed by atoms with Crippen molar-refractivity contribution < 1.29 is 4.42 Å². The molecule has 0 aliphatic heterocycles. The molecule has 0 atom stereocenters. The Kier molecular flexibility index (Phi) is 2.30. The first kappa shape index (κ1) is 9.03. The lowest BCUT2D eigenvalue weighted by atomic mass is 10.3. The molecule has 0 fully saturated rings. The highest BCUT2D eigenvalue weighted by molar-refractivity contribution is 9.10. The fourth-order valence-corrected chi connectivity index (χ4v) is 1.99. The van der Waals surface area contributed by atoms with Crippen molar-refractivity contribution in [2.45, 2.75) is 13.3 Å². The summed E-state index contributed by atoms with van der Waals surface area (Å²) >= 11 is 9.32. The van der Waals surface area contributed by atoms with Crippen LogP contribution in [0.25, 0.3) is 11.1 Å². The quantitative estimate of drug-likeness (QED) is 0.779. The average molecular weight is 261 g/mol. The fourth-order valence-electron chi connectivity index (χ4n) is 1.16. The maximum absolute atomic E-state index is 5.97. The zero-order chi connectivity index (χ0) is 9.42. The standard InChI is InChI=1S/C9H7BrClNO/c1-2-8-12-7-4-5(10)3-6(11)9(7)13-8/h3-4H,2H2,1H3. The second kappa shape index (κ2) is 3.31. The van der Waals surface area contributed by atoms with Crippen LogP contribution in [0.3, 0.4) is 0 Å². The lowest BCUT2D eigenvalue weighted by molar-refractivity contribution is 0.538. The maximum Gasteiger partial charge on any atom is 0.195 e. The largest absolute Gasteiger partial charge is 0.439 e. The van der Waals surface area contributed by atoms with Crippen molar-refractivity contribution in [1.82, 2.24) is 4.98 Å². The Hall–Kier alpha value is -0.540. The smallest absolute Gasteiger partial charge is 0.195 e. The molecule has 4 heteroatoms. The van der Waals surface area contributed by atoms with Gasteiger partial charge >= 0.3 is 0 Å². The lowest BCUT2D eigenvalue weighted by Gasteiger charge is -1.91. The van der Waals surface area contributed by atoms with Gasteiger partial charge in [0.1, 0.15) is 5.52 Å². The first-order valence-corrected chi connectivity index (χ1v) is 5.12. The number of halogens is 2. The summed E-state index contributed by atoms with van der Waals surface area (Å²) < 4.78 is 6.36. The monoisotopic (exact) mass is 259 g/mol.